The molecule has 0 saturated carbocycles. The third-order valence-corrected chi connectivity index (χ3v) is 5.17. The highest BCUT2D eigenvalue weighted by Crippen LogP contribution is 2.39. The number of methoxy groups -OCH3 is 1. The van der Waals surface area contributed by atoms with Crippen LogP contribution < -0.4 is 10.1 Å². The topological polar surface area (TPSA) is 24.5 Å². The van der Waals surface area contributed by atoms with E-state index in [1.54, 1.807) is 7.11 Å². The van der Waals surface area contributed by atoms with E-state index in [-0.39, 0.29) is 0 Å². The van der Waals surface area contributed by atoms with Gasteiger partial charge in [0.2, 0.25) is 0 Å². The second-order valence-corrected chi connectivity index (χ2v) is 6.34. The largest absolute Gasteiger partial charge is 0.496 e. The van der Waals surface area contributed by atoms with Crippen molar-refractivity contribution in [2.45, 2.75) is 32.2 Å². The maximum Gasteiger partial charge on any atom is 0.123 e. The van der Waals surface area contributed by atoms with Crippen LogP contribution >= 0.6 is 0 Å². The molecule has 3 heteroatoms. The Morgan fingerprint density at radius 2 is 1.80 bits per heavy atom. The zero-order valence-corrected chi connectivity index (χ0v) is 12.5. The first-order valence-electron chi connectivity index (χ1n) is 7.86. The van der Waals surface area contributed by atoms with Gasteiger partial charge in [-0.15, -0.1) is 0 Å². The van der Waals surface area contributed by atoms with Gasteiger partial charge >= 0.3 is 0 Å². The molecule has 1 aromatic carbocycles. The third kappa shape index (κ3) is 2.99. The Balaban J connectivity index is 1.58. The zero-order chi connectivity index (χ0) is 13.8. The van der Waals surface area contributed by atoms with E-state index in [1.807, 2.05) is 6.07 Å². The van der Waals surface area contributed by atoms with E-state index in [2.05, 4.69) is 28.4 Å². The number of hydrogen-bond donors (Lipinski definition) is 1. The predicted octanol–water partition coefficient (Wildman–Crippen LogP) is 2.66. The zero-order valence-electron chi connectivity index (χ0n) is 12.5. The van der Waals surface area contributed by atoms with Crippen molar-refractivity contribution in [3.05, 3.63) is 29.8 Å². The molecule has 0 atom stereocenters. The molecule has 3 nitrogen and oxygen atoms in total. The highest BCUT2D eigenvalue weighted by molar-refractivity contribution is 5.33. The average Bonchev–Trinajstić information content (AvgIpc) is 2.51. The number of rotatable bonds is 3. The van der Waals surface area contributed by atoms with Crippen LogP contribution in [0.1, 0.15) is 31.2 Å². The van der Waals surface area contributed by atoms with Crippen LogP contribution in [0, 0.1) is 5.41 Å². The molecule has 0 aromatic heterocycles. The van der Waals surface area contributed by atoms with Gasteiger partial charge in [0.1, 0.15) is 5.75 Å². The van der Waals surface area contributed by atoms with E-state index in [0.717, 1.165) is 12.3 Å². The Morgan fingerprint density at radius 1 is 1.10 bits per heavy atom. The average molecular weight is 274 g/mol. The molecule has 0 aliphatic carbocycles. The number of ether oxygens (including phenoxy) is 1. The van der Waals surface area contributed by atoms with Gasteiger partial charge in [-0.1, -0.05) is 18.2 Å². The van der Waals surface area contributed by atoms with Crippen LogP contribution in [0.25, 0.3) is 0 Å². The van der Waals surface area contributed by atoms with Gasteiger partial charge in [0.25, 0.3) is 0 Å². The Kier molecular flexibility index (Phi) is 4.27. The van der Waals surface area contributed by atoms with Crippen LogP contribution in [0.4, 0.5) is 0 Å². The van der Waals surface area contributed by atoms with E-state index in [1.165, 1.54) is 57.4 Å². The van der Waals surface area contributed by atoms with Crippen molar-refractivity contribution in [2.24, 2.45) is 5.41 Å². The van der Waals surface area contributed by atoms with Gasteiger partial charge in [0.15, 0.2) is 0 Å². The van der Waals surface area contributed by atoms with E-state index in [4.69, 9.17) is 4.74 Å². The van der Waals surface area contributed by atoms with Gasteiger partial charge in [-0.2, -0.15) is 0 Å². The summed E-state index contributed by atoms with van der Waals surface area (Å²) in [6.45, 7) is 5.92. The molecule has 2 aliphatic heterocycles. The number of nitrogens with one attached hydrogen (secondary N) is 1. The minimum atomic E-state index is 0.641. The summed E-state index contributed by atoms with van der Waals surface area (Å²) in [5, 5.41) is 3.49. The molecule has 1 aromatic rings. The van der Waals surface area contributed by atoms with E-state index in [9.17, 15) is 0 Å². The van der Waals surface area contributed by atoms with Crippen molar-refractivity contribution < 1.29 is 4.74 Å². The maximum atomic E-state index is 5.46. The lowest BCUT2D eigenvalue weighted by Gasteiger charge is -2.44. The number of hydrogen-bond acceptors (Lipinski definition) is 3. The molecule has 0 amide bonds. The highest BCUT2D eigenvalue weighted by Gasteiger charge is 2.35. The van der Waals surface area contributed by atoms with Gasteiger partial charge in [-0.25, -0.2) is 0 Å². The van der Waals surface area contributed by atoms with Crippen molar-refractivity contribution in [1.82, 2.24) is 10.2 Å². The fourth-order valence-electron chi connectivity index (χ4n) is 3.72. The molecule has 2 saturated heterocycles. The summed E-state index contributed by atoms with van der Waals surface area (Å²) in [7, 11) is 1.76. The molecule has 110 valence electrons. The van der Waals surface area contributed by atoms with Crippen molar-refractivity contribution in [2.75, 3.05) is 33.3 Å². The number of benzene rings is 1. The Morgan fingerprint density at radius 3 is 2.50 bits per heavy atom. The molecule has 1 spiro atoms. The first kappa shape index (κ1) is 13.9. The van der Waals surface area contributed by atoms with Gasteiger partial charge in [0, 0.05) is 12.1 Å². The van der Waals surface area contributed by atoms with Gasteiger partial charge in [0.05, 0.1) is 7.11 Å². The molecule has 2 aliphatic rings. The summed E-state index contributed by atoms with van der Waals surface area (Å²) in [5.41, 5.74) is 1.96. The Hall–Kier alpha value is -1.06. The normalized spacial score (nSPS) is 22.9. The minimum Gasteiger partial charge on any atom is -0.496 e. The number of para-hydroxylation sites is 1. The van der Waals surface area contributed by atoms with Crippen molar-refractivity contribution in [1.29, 1.82) is 0 Å². The van der Waals surface area contributed by atoms with E-state index >= 15 is 0 Å². The molecule has 2 heterocycles. The lowest BCUT2D eigenvalue weighted by atomic mass is 9.71. The summed E-state index contributed by atoms with van der Waals surface area (Å²) in [6, 6.07) is 8.40. The SMILES string of the molecule is COc1ccccc1CN1CCC2(CCNCC2)CC1. The highest BCUT2D eigenvalue weighted by atomic mass is 16.5. The number of piperidine rings is 2. The van der Waals surface area contributed by atoms with Crippen molar-refractivity contribution in [3.8, 4) is 5.75 Å². The van der Waals surface area contributed by atoms with Crippen LogP contribution in [0.3, 0.4) is 0 Å². The second-order valence-electron chi connectivity index (χ2n) is 6.34. The Bertz CT molecular complexity index is 430. The van der Waals surface area contributed by atoms with Crippen LogP contribution in [0.5, 0.6) is 5.75 Å². The quantitative estimate of drug-likeness (QED) is 0.917. The van der Waals surface area contributed by atoms with Crippen molar-refractivity contribution >= 4 is 0 Å². The molecule has 0 unspecified atom stereocenters. The summed E-state index contributed by atoms with van der Waals surface area (Å²) in [6.07, 6.45) is 5.47. The van der Waals surface area contributed by atoms with Crippen LogP contribution in [-0.4, -0.2) is 38.2 Å². The molecular formula is C17H26N2O. The minimum absolute atomic E-state index is 0.641. The van der Waals surface area contributed by atoms with Crippen LogP contribution in [0.2, 0.25) is 0 Å². The summed E-state index contributed by atoms with van der Waals surface area (Å²) < 4.78 is 5.46. The fraction of sp³-hybridized carbons (Fsp3) is 0.647. The molecule has 0 radical (unpaired) electrons. The Labute approximate surface area is 122 Å². The first-order chi connectivity index (χ1) is 9.81. The van der Waals surface area contributed by atoms with Crippen LogP contribution in [0.15, 0.2) is 24.3 Å². The smallest absolute Gasteiger partial charge is 0.123 e. The first-order valence-corrected chi connectivity index (χ1v) is 7.86. The molecular weight excluding hydrogens is 248 g/mol. The van der Waals surface area contributed by atoms with E-state index in [0.29, 0.717) is 5.41 Å². The number of likely N-dealkylation sites (tertiary alicyclic amines) is 1. The van der Waals surface area contributed by atoms with Gasteiger partial charge < -0.3 is 10.1 Å². The number of nitrogens with zero attached hydrogens (tertiary/aromatic N) is 1. The maximum absolute atomic E-state index is 5.46. The monoisotopic (exact) mass is 274 g/mol. The summed E-state index contributed by atoms with van der Waals surface area (Å²) in [5.74, 6) is 1.02. The molecule has 1 N–H and O–H groups in total. The predicted molar refractivity (Wildman–Crippen MR) is 82.0 cm³/mol. The van der Waals surface area contributed by atoms with Crippen LogP contribution in [-0.2, 0) is 6.54 Å². The fourth-order valence-corrected chi connectivity index (χ4v) is 3.72. The molecule has 3 rings (SSSR count). The lowest BCUT2D eigenvalue weighted by Crippen LogP contribution is -2.45. The lowest BCUT2D eigenvalue weighted by molar-refractivity contribution is 0.0697. The molecule has 20 heavy (non-hydrogen) atoms. The van der Waals surface area contributed by atoms with Crippen molar-refractivity contribution in [3.63, 3.8) is 0 Å². The second kappa shape index (κ2) is 6.15. The molecule has 0 bridgehead atoms. The molecule has 2 fully saturated rings. The third-order valence-electron chi connectivity index (χ3n) is 5.17. The van der Waals surface area contributed by atoms with Gasteiger partial charge in [-0.3, -0.25) is 4.90 Å². The summed E-state index contributed by atoms with van der Waals surface area (Å²) in [4.78, 5) is 2.59. The summed E-state index contributed by atoms with van der Waals surface area (Å²) >= 11 is 0. The van der Waals surface area contributed by atoms with E-state index < -0.39 is 0 Å². The standard InChI is InChI=1S/C17H26N2O/c1-20-16-5-3-2-4-15(16)14-19-12-8-17(9-13-19)6-10-18-11-7-17/h2-5,18H,6-14H2,1H3. The van der Waals surface area contributed by atoms with Gasteiger partial charge in [-0.05, 0) is 63.3 Å².